The SMILES string of the molecule is O=C(O)C=Cc1cc(OC2CCOCC2)nn1Cc1ccc(Cl)cc1Cl. The van der Waals surface area contributed by atoms with E-state index >= 15 is 0 Å². The Morgan fingerprint density at radius 2 is 2.12 bits per heavy atom. The Morgan fingerprint density at radius 3 is 2.81 bits per heavy atom. The maximum absolute atomic E-state index is 10.9. The minimum atomic E-state index is -1.03. The van der Waals surface area contributed by atoms with Crippen molar-refractivity contribution in [2.24, 2.45) is 0 Å². The van der Waals surface area contributed by atoms with Crippen LogP contribution in [0.25, 0.3) is 6.08 Å². The third-order valence-electron chi connectivity index (χ3n) is 3.98. The molecule has 0 aliphatic carbocycles. The zero-order chi connectivity index (χ0) is 18.5. The van der Waals surface area contributed by atoms with Crippen LogP contribution in [0, 0.1) is 0 Å². The van der Waals surface area contributed by atoms with E-state index in [1.54, 1.807) is 22.9 Å². The van der Waals surface area contributed by atoms with E-state index < -0.39 is 5.97 Å². The van der Waals surface area contributed by atoms with Gasteiger partial charge < -0.3 is 14.6 Å². The summed E-state index contributed by atoms with van der Waals surface area (Å²) in [5.74, 6) is -0.582. The highest BCUT2D eigenvalue weighted by Gasteiger charge is 2.18. The third kappa shape index (κ3) is 5.00. The predicted octanol–water partition coefficient (Wildman–Crippen LogP) is 3.89. The van der Waals surface area contributed by atoms with Gasteiger partial charge in [-0.3, -0.25) is 4.68 Å². The fourth-order valence-electron chi connectivity index (χ4n) is 2.66. The first-order valence-electron chi connectivity index (χ1n) is 8.18. The number of halogens is 2. The van der Waals surface area contributed by atoms with Gasteiger partial charge >= 0.3 is 5.97 Å². The topological polar surface area (TPSA) is 73.6 Å². The molecule has 1 aromatic carbocycles. The summed E-state index contributed by atoms with van der Waals surface area (Å²) >= 11 is 12.2. The Hall–Kier alpha value is -2.02. The molecule has 138 valence electrons. The number of ether oxygens (including phenoxy) is 2. The Bertz CT molecular complexity index is 814. The molecule has 1 fully saturated rings. The fourth-order valence-corrected chi connectivity index (χ4v) is 3.13. The highest BCUT2D eigenvalue weighted by Crippen LogP contribution is 2.24. The van der Waals surface area contributed by atoms with Crippen LogP contribution in [0.4, 0.5) is 0 Å². The Labute approximate surface area is 160 Å². The van der Waals surface area contributed by atoms with E-state index in [9.17, 15) is 4.79 Å². The molecule has 3 rings (SSSR count). The van der Waals surface area contributed by atoms with Gasteiger partial charge in [0.1, 0.15) is 6.10 Å². The summed E-state index contributed by atoms with van der Waals surface area (Å²) in [6, 6.07) is 6.95. The minimum Gasteiger partial charge on any atom is -0.478 e. The molecule has 6 nitrogen and oxygen atoms in total. The number of nitrogens with zero attached hydrogens (tertiary/aromatic N) is 2. The number of carboxylic acid groups (broad SMARTS) is 1. The van der Waals surface area contributed by atoms with Crippen molar-refractivity contribution in [1.82, 2.24) is 9.78 Å². The molecule has 26 heavy (non-hydrogen) atoms. The molecule has 0 spiro atoms. The van der Waals surface area contributed by atoms with Crippen LogP contribution in [0.3, 0.4) is 0 Å². The number of rotatable bonds is 6. The average Bonchev–Trinajstić information content (AvgIpc) is 2.98. The molecule has 2 heterocycles. The van der Waals surface area contributed by atoms with Gasteiger partial charge in [-0.15, -0.1) is 5.10 Å². The number of hydrogen-bond acceptors (Lipinski definition) is 4. The molecule has 0 unspecified atom stereocenters. The molecule has 0 atom stereocenters. The molecule has 1 aromatic heterocycles. The molecule has 1 saturated heterocycles. The second kappa shape index (κ2) is 8.58. The van der Waals surface area contributed by atoms with Gasteiger partial charge in [-0.05, 0) is 23.8 Å². The smallest absolute Gasteiger partial charge is 0.328 e. The van der Waals surface area contributed by atoms with Crippen molar-refractivity contribution >= 4 is 35.2 Å². The van der Waals surface area contributed by atoms with Gasteiger partial charge in [-0.25, -0.2) is 4.79 Å². The predicted molar refractivity (Wildman–Crippen MR) is 98.9 cm³/mol. The number of carboxylic acids is 1. The summed E-state index contributed by atoms with van der Waals surface area (Å²) < 4.78 is 12.9. The quantitative estimate of drug-likeness (QED) is 0.749. The average molecular weight is 397 g/mol. The Balaban J connectivity index is 1.84. The third-order valence-corrected chi connectivity index (χ3v) is 4.56. The van der Waals surface area contributed by atoms with E-state index in [2.05, 4.69) is 5.10 Å². The molecule has 1 aliphatic rings. The normalized spacial score (nSPS) is 15.5. The number of aliphatic carboxylic acids is 1. The number of aromatic nitrogens is 2. The summed E-state index contributed by atoms with van der Waals surface area (Å²) in [6.07, 6.45) is 4.19. The number of benzene rings is 1. The van der Waals surface area contributed by atoms with Crippen molar-refractivity contribution in [2.75, 3.05) is 13.2 Å². The van der Waals surface area contributed by atoms with Crippen LogP contribution in [0.15, 0.2) is 30.3 Å². The van der Waals surface area contributed by atoms with Gasteiger partial charge in [0.05, 0.1) is 25.5 Å². The zero-order valence-corrected chi connectivity index (χ0v) is 15.4. The van der Waals surface area contributed by atoms with Crippen molar-refractivity contribution in [2.45, 2.75) is 25.5 Å². The van der Waals surface area contributed by atoms with Gasteiger partial charge in [0.2, 0.25) is 5.88 Å². The lowest BCUT2D eigenvalue weighted by Gasteiger charge is -2.21. The molecule has 2 aromatic rings. The molecule has 1 aliphatic heterocycles. The maximum atomic E-state index is 10.9. The van der Waals surface area contributed by atoms with Crippen molar-refractivity contribution in [3.63, 3.8) is 0 Å². The molecule has 8 heteroatoms. The first-order chi connectivity index (χ1) is 12.5. The van der Waals surface area contributed by atoms with Crippen molar-refractivity contribution in [3.05, 3.63) is 51.6 Å². The molecular formula is C18H18Cl2N2O4. The van der Waals surface area contributed by atoms with Crippen LogP contribution in [0.1, 0.15) is 24.1 Å². The van der Waals surface area contributed by atoms with Crippen LogP contribution < -0.4 is 4.74 Å². The lowest BCUT2D eigenvalue weighted by Crippen LogP contribution is -2.26. The van der Waals surface area contributed by atoms with Gasteiger partial charge in [0.15, 0.2) is 0 Å². The Kier molecular flexibility index (Phi) is 6.19. The van der Waals surface area contributed by atoms with Crippen molar-refractivity contribution in [3.8, 4) is 5.88 Å². The molecule has 0 radical (unpaired) electrons. The van der Waals surface area contributed by atoms with Crippen molar-refractivity contribution in [1.29, 1.82) is 0 Å². The molecule has 1 N–H and O–H groups in total. The van der Waals surface area contributed by atoms with E-state index in [1.165, 1.54) is 6.08 Å². The summed E-state index contributed by atoms with van der Waals surface area (Å²) in [6.45, 7) is 1.70. The highest BCUT2D eigenvalue weighted by molar-refractivity contribution is 6.35. The summed E-state index contributed by atoms with van der Waals surface area (Å²) in [7, 11) is 0. The fraction of sp³-hybridized carbons (Fsp3) is 0.333. The lowest BCUT2D eigenvalue weighted by molar-refractivity contribution is -0.131. The van der Waals surface area contributed by atoms with Gasteiger partial charge in [-0.1, -0.05) is 29.3 Å². The first kappa shape index (κ1) is 18.8. The maximum Gasteiger partial charge on any atom is 0.328 e. The first-order valence-corrected chi connectivity index (χ1v) is 8.94. The largest absolute Gasteiger partial charge is 0.478 e. The molecule has 0 bridgehead atoms. The highest BCUT2D eigenvalue weighted by atomic mass is 35.5. The summed E-state index contributed by atoms with van der Waals surface area (Å²) in [5, 5.41) is 14.4. The van der Waals surface area contributed by atoms with Gasteiger partial charge in [0.25, 0.3) is 0 Å². The van der Waals surface area contributed by atoms with Crippen LogP contribution in [0.5, 0.6) is 5.88 Å². The number of hydrogen-bond donors (Lipinski definition) is 1. The summed E-state index contributed by atoms with van der Waals surface area (Å²) in [5.41, 5.74) is 1.43. The van der Waals surface area contributed by atoms with Crippen LogP contribution in [-0.2, 0) is 16.1 Å². The second-order valence-electron chi connectivity index (χ2n) is 5.90. The molecular weight excluding hydrogens is 379 g/mol. The zero-order valence-electron chi connectivity index (χ0n) is 13.9. The van der Waals surface area contributed by atoms with Crippen LogP contribution in [0.2, 0.25) is 10.0 Å². The van der Waals surface area contributed by atoms with Gasteiger partial charge in [0, 0.05) is 35.0 Å². The van der Waals surface area contributed by atoms with E-state index in [0.717, 1.165) is 24.5 Å². The standard InChI is InChI=1S/C18H18Cl2N2O4/c19-13-2-1-12(16(20)9-13)11-22-14(3-4-18(23)24)10-17(21-22)26-15-5-7-25-8-6-15/h1-4,9-10,15H,5-8,11H2,(H,23,24). The van der Waals surface area contributed by atoms with Crippen LogP contribution >= 0.6 is 23.2 Å². The van der Waals surface area contributed by atoms with E-state index in [4.69, 9.17) is 37.8 Å². The second-order valence-corrected chi connectivity index (χ2v) is 6.75. The van der Waals surface area contributed by atoms with E-state index in [0.29, 0.717) is 41.4 Å². The van der Waals surface area contributed by atoms with E-state index in [1.807, 2.05) is 6.07 Å². The molecule has 0 saturated carbocycles. The Morgan fingerprint density at radius 1 is 1.35 bits per heavy atom. The number of carbonyl (C=O) groups is 1. The van der Waals surface area contributed by atoms with Gasteiger partial charge in [-0.2, -0.15) is 0 Å². The lowest BCUT2D eigenvalue weighted by atomic mass is 10.2. The van der Waals surface area contributed by atoms with E-state index in [-0.39, 0.29) is 6.10 Å². The summed E-state index contributed by atoms with van der Waals surface area (Å²) in [4.78, 5) is 10.9. The van der Waals surface area contributed by atoms with Crippen molar-refractivity contribution < 1.29 is 19.4 Å². The minimum absolute atomic E-state index is 0.0440. The van der Waals surface area contributed by atoms with Crippen LogP contribution in [-0.4, -0.2) is 40.2 Å². The molecule has 0 amide bonds. The monoisotopic (exact) mass is 396 g/mol.